The maximum atomic E-state index is 2.65. The Bertz CT molecular complexity index is 72.1. The van der Waals surface area contributed by atoms with Crippen LogP contribution in [-0.4, -0.2) is 16.1 Å². The van der Waals surface area contributed by atoms with Gasteiger partial charge in [-0.25, -0.2) is 0 Å². The van der Waals surface area contributed by atoms with Gasteiger partial charge in [-0.2, -0.15) is 0 Å². The smallest absolute Gasteiger partial charge is 0.0950 e. The summed E-state index contributed by atoms with van der Waals surface area (Å²) < 4.78 is 0. The Labute approximate surface area is 61.7 Å². The molecule has 0 aliphatic carbocycles. The van der Waals surface area contributed by atoms with Gasteiger partial charge >= 0.3 is 0 Å². The lowest BCUT2D eigenvalue weighted by atomic mass is 11.7. The molecule has 0 fully saturated rings. The molecule has 56 valence electrons. The molecule has 0 aromatic heterocycles. The summed E-state index contributed by atoms with van der Waals surface area (Å²) in [5.41, 5.74) is 2.65. The molecule has 0 spiro atoms. The van der Waals surface area contributed by atoms with E-state index >= 15 is 0 Å². The molecular formula is C7H19Si2-. The molecule has 0 aliphatic rings. The Kier molecular flexibility index (Phi) is 2.71. The average molecular weight is 159 g/mol. The SMILES string of the molecule is C[Si](C)(C)[CH-][Si](C)(C)C. The summed E-state index contributed by atoms with van der Waals surface area (Å²) in [7, 11) is -1.71. The van der Waals surface area contributed by atoms with Gasteiger partial charge in [-0.15, -0.1) is 16.1 Å². The molecule has 9 heavy (non-hydrogen) atoms. The maximum Gasteiger partial charge on any atom is -0.0950 e. The minimum absolute atomic E-state index is 0.856. The van der Waals surface area contributed by atoms with Crippen LogP contribution in [0.4, 0.5) is 0 Å². The van der Waals surface area contributed by atoms with Gasteiger partial charge < -0.3 is 5.67 Å². The Morgan fingerprint density at radius 1 is 0.667 bits per heavy atom. The fourth-order valence-electron chi connectivity index (χ4n) is 1.30. The first-order valence-electron chi connectivity index (χ1n) is 3.58. The fourth-order valence-corrected chi connectivity index (χ4v) is 11.7. The van der Waals surface area contributed by atoms with E-state index in [-0.39, 0.29) is 0 Å². The van der Waals surface area contributed by atoms with Gasteiger partial charge in [0.2, 0.25) is 0 Å². The fraction of sp³-hybridized carbons (Fsp3) is 0.857. The second-order valence-electron chi connectivity index (χ2n) is 4.88. The molecule has 0 aromatic carbocycles. The third-order valence-electron chi connectivity index (χ3n) is 0.866. The van der Waals surface area contributed by atoms with Gasteiger partial charge in [-0.3, -0.25) is 0 Å². The van der Waals surface area contributed by atoms with Crippen molar-refractivity contribution in [2.24, 2.45) is 0 Å². The standard InChI is InChI=1S/C7H19Si2/c1-8(2,3)7-9(4,5)6/h7H,1-6H3/q-1. The lowest BCUT2D eigenvalue weighted by Gasteiger charge is -2.38. The van der Waals surface area contributed by atoms with Crippen LogP contribution in [0.5, 0.6) is 0 Å². The molecule has 0 rings (SSSR count). The second kappa shape index (κ2) is 2.58. The summed E-state index contributed by atoms with van der Waals surface area (Å²) in [5, 5.41) is 0. The van der Waals surface area contributed by atoms with E-state index in [0.717, 1.165) is 0 Å². The molecule has 0 heterocycles. The lowest BCUT2D eigenvalue weighted by molar-refractivity contribution is 1.65. The highest BCUT2D eigenvalue weighted by molar-refractivity contribution is 6.99. The Balaban J connectivity index is 3.75. The first kappa shape index (κ1) is 9.43. The van der Waals surface area contributed by atoms with E-state index in [1.165, 1.54) is 0 Å². The summed E-state index contributed by atoms with van der Waals surface area (Å²) in [5.74, 6) is 0. The van der Waals surface area contributed by atoms with Crippen LogP contribution in [-0.2, 0) is 0 Å². The first-order valence-corrected chi connectivity index (χ1v) is 10.7. The molecule has 0 saturated carbocycles. The van der Waals surface area contributed by atoms with Crippen LogP contribution in [0.1, 0.15) is 0 Å². The van der Waals surface area contributed by atoms with Gasteiger partial charge in [0.05, 0.1) is 0 Å². The summed E-state index contributed by atoms with van der Waals surface area (Å²) in [6.45, 7) is 14.4. The predicted octanol–water partition coefficient (Wildman–Crippen LogP) is 2.95. The van der Waals surface area contributed by atoms with Crippen molar-refractivity contribution in [2.45, 2.75) is 39.3 Å². The van der Waals surface area contributed by atoms with E-state index in [1.54, 1.807) is 0 Å². The quantitative estimate of drug-likeness (QED) is 0.429. The molecule has 0 bridgehead atoms. The third kappa shape index (κ3) is 8.43. The van der Waals surface area contributed by atoms with Crippen LogP contribution in [0.2, 0.25) is 39.3 Å². The Morgan fingerprint density at radius 3 is 0.889 bits per heavy atom. The molecule has 0 amide bonds. The van der Waals surface area contributed by atoms with E-state index in [4.69, 9.17) is 0 Å². The van der Waals surface area contributed by atoms with E-state index in [1.807, 2.05) is 0 Å². The molecule has 0 nitrogen and oxygen atoms in total. The number of hydrogen-bond donors (Lipinski definition) is 0. The average Bonchev–Trinajstić information content (AvgIpc) is 1.14. The topological polar surface area (TPSA) is 0 Å². The minimum atomic E-state index is -0.856. The summed E-state index contributed by atoms with van der Waals surface area (Å²) in [6.07, 6.45) is 0. The predicted molar refractivity (Wildman–Crippen MR) is 51.0 cm³/mol. The first-order chi connectivity index (χ1) is 3.71. The molecule has 0 saturated heterocycles. The zero-order chi connectivity index (χ0) is 7.71. The van der Waals surface area contributed by atoms with Gasteiger partial charge in [0.15, 0.2) is 0 Å². The normalized spacial score (nSPS) is 14.0. The monoisotopic (exact) mass is 159 g/mol. The Hall–Kier alpha value is 0.434. The largest absolute Gasteiger partial charge is 0.327 e. The van der Waals surface area contributed by atoms with Crippen molar-refractivity contribution in [1.29, 1.82) is 0 Å². The molecule has 0 aliphatic heterocycles. The van der Waals surface area contributed by atoms with Crippen LogP contribution >= 0.6 is 0 Å². The minimum Gasteiger partial charge on any atom is -0.327 e. The molecule has 0 aromatic rings. The summed E-state index contributed by atoms with van der Waals surface area (Å²) in [6, 6.07) is 0. The van der Waals surface area contributed by atoms with Crippen molar-refractivity contribution in [1.82, 2.24) is 0 Å². The van der Waals surface area contributed by atoms with Crippen molar-refractivity contribution >= 4 is 16.1 Å². The van der Waals surface area contributed by atoms with Crippen molar-refractivity contribution in [2.75, 3.05) is 0 Å². The lowest BCUT2D eigenvalue weighted by Crippen LogP contribution is -2.36. The van der Waals surface area contributed by atoms with Gasteiger partial charge in [0.1, 0.15) is 0 Å². The van der Waals surface area contributed by atoms with Crippen molar-refractivity contribution in [3.8, 4) is 0 Å². The molecule has 0 radical (unpaired) electrons. The number of rotatable bonds is 2. The second-order valence-corrected chi connectivity index (χ2v) is 15.5. The van der Waals surface area contributed by atoms with Crippen molar-refractivity contribution in [3.63, 3.8) is 0 Å². The highest BCUT2D eigenvalue weighted by atomic mass is 28.4. The van der Waals surface area contributed by atoms with E-state index in [2.05, 4.69) is 44.9 Å². The van der Waals surface area contributed by atoms with Crippen LogP contribution in [0.15, 0.2) is 0 Å². The van der Waals surface area contributed by atoms with E-state index in [0.29, 0.717) is 0 Å². The van der Waals surface area contributed by atoms with Gasteiger partial charge in [-0.1, -0.05) is 39.3 Å². The highest BCUT2D eigenvalue weighted by Crippen LogP contribution is 2.15. The van der Waals surface area contributed by atoms with Crippen molar-refractivity contribution < 1.29 is 0 Å². The van der Waals surface area contributed by atoms with Gasteiger partial charge in [-0.05, 0) is 0 Å². The molecule has 0 unspecified atom stereocenters. The van der Waals surface area contributed by atoms with E-state index in [9.17, 15) is 0 Å². The molecule has 0 atom stereocenters. The van der Waals surface area contributed by atoms with Crippen LogP contribution in [0, 0.1) is 5.67 Å². The van der Waals surface area contributed by atoms with Crippen LogP contribution in [0.25, 0.3) is 0 Å². The van der Waals surface area contributed by atoms with E-state index < -0.39 is 16.1 Å². The number of hydrogen-bond acceptors (Lipinski definition) is 0. The molecular weight excluding hydrogens is 140 g/mol. The molecule has 0 N–H and O–H groups in total. The van der Waals surface area contributed by atoms with Gasteiger partial charge in [0, 0.05) is 0 Å². The zero-order valence-electron chi connectivity index (χ0n) is 7.58. The summed E-state index contributed by atoms with van der Waals surface area (Å²) in [4.78, 5) is 0. The zero-order valence-corrected chi connectivity index (χ0v) is 9.58. The highest BCUT2D eigenvalue weighted by Gasteiger charge is 2.10. The summed E-state index contributed by atoms with van der Waals surface area (Å²) >= 11 is 0. The van der Waals surface area contributed by atoms with Crippen LogP contribution in [0.3, 0.4) is 0 Å². The van der Waals surface area contributed by atoms with Crippen LogP contribution < -0.4 is 0 Å². The third-order valence-corrected chi connectivity index (χ3v) is 7.79. The molecule has 2 heteroatoms. The Morgan fingerprint density at radius 2 is 0.889 bits per heavy atom. The van der Waals surface area contributed by atoms with Gasteiger partial charge in [0.25, 0.3) is 0 Å². The van der Waals surface area contributed by atoms with Crippen molar-refractivity contribution in [3.05, 3.63) is 5.67 Å². The maximum absolute atomic E-state index is 2.65.